The highest BCUT2D eigenvalue weighted by Gasteiger charge is 2.32. The van der Waals surface area contributed by atoms with Gasteiger partial charge < -0.3 is 15.0 Å². The molecule has 3 aromatic rings. The van der Waals surface area contributed by atoms with Gasteiger partial charge in [-0.1, -0.05) is 18.2 Å². The smallest absolute Gasteiger partial charge is 0.325 e. The predicted octanol–water partition coefficient (Wildman–Crippen LogP) is 2.67. The fourth-order valence-corrected chi connectivity index (χ4v) is 3.66. The molecule has 2 N–H and O–H groups in total. The van der Waals surface area contributed by atoms with E-state index in [0.717, 1.165) is 20.9 Å². The molecule has 0 spiro atoms. The van der Waals surface area contributed by atoms with Crippen LogP contribution in [0.15, 0.2) is 47.3 Å². The third kappa shape index (κ3) is 3.17. The van der Waals surface area contributed by atoms with Gasteiger partial charge >= 0.3 is 5.97 Å². The Hall–Kier alpha value is -2.45. The zero-order valence-corrected chi connectivity index (χ0v) is 15.6. The quantitative estimate of drug-likeness (QED) is 0.681. The number of aromatic amines is 1. The summed E-state index contributed by atoms with van der Waals surface area (Å²) in [5.41, 5.74) is 1.76. The minimum absolute atomic E-state index is 0.635. The Morgan fingerprint density at radius 3 is 2.54 bits per heavy atom. The Morgan fingerprint density at radius 2 is 1.85 bits per heavy atom. The number of halogens is 1. The molecule has 1 fully saturated rings. The number of benzene rings is 1. The summed E-state index contributed by atoms with van der Waals surface area (Å²) >= 11 is 3.34. The fraction of sp³-hybridized carbons (Fsp3) is 0.278. The second-order valence-corrected chi connectivity index (χ2v) is 7.17. The van der Waals surface area contributed by atoms with Crippen LogP contribution >= 0.6 is 15.9 Å². The van der Waals surface area contributed by atoms with Crippen molar-refractivity contribution in [2.24, 2.45) is 0 Å². The second-order valence-electron chi connectivity index (χ2n) is 6.25. The molecule has 26 heavy (non-hydrogen) atoms. The van der Waals surface area contributed by atoms with Gasteiger partial charge in [0.1, 0.15) is 6.04 Å². The van der Waals surface area contributed by atoms with Crippen LogP contribution in [0.5, 0.6) is 0 Å². The fourth-order valence-electron chi connectivity index (χ4n) is 3.45. The van der Waals surface area contributed by atoms with Gasteiger partial charge in [0.15, 0.2) is 0 Å². The van der Waals surface area contributed by atoms with E-state index in [9.17, 15) is 9.90 Å². The topological polar surface area (TPSA) is 85.4 Å². The van der Waals surface area contributed by atoms with E-state index in [1.54, 1.807) is 12.4 Å². The van der Waals surface area contributed by atoms with E-state index in [1.807, 2.05) is 35.4 Å². The Kier molecular flexibility index (Phi) is 4.60. The Balaban J connectivity index is 1.54. The number of H-pyrrole nitrogens is 1. The van der Waals surface area contributed by atoms with Crippen LogP contribution in [-0.4, -0.2) is 57.1 Å². The monoisotopic (exact) mass is 415 g/mol. The number of hydrogen-bond acceptors (Lipinski definition) is 5. The van der Waals surface area contributed by atoms with Crippen molar-refractivity contribution in [3.8, 4) is 0 Å². The number of anilines is 1. The molecular weight excluding hydrogens is 398 g/mol. The summed E-state index contributed by atoms with van der Waals surface area (Å²) < 4.78 is 0.838. The summed E-state index contributed by atoms with van der Waals surface area (Å²) in [7, 11) is 0. The number of carbonyl (C=O) groups is 1. The standard InChI is InChI=1S/C18H18BrN5O2/c19-12-9-21-18(22-10-12)24-7-5-23(6-8-24)16(17(25)26)14-11-20-15-4-2-1-3-13(14)15/h1-4,9-11,16,20H,5-8H2,(H,25,26)/t16-/m0/s1. The highest BCUT2D eigenvalue weighted by Crippen LogP contribution is 2.29. The van der Waals surface area contributed by atoms with Crippen LogP contribution in [0.2, 0.25) is 0 Å². The molecule has 1 aliphatic rings. The van der Waals surface area contributed by atoms with Gasteiger partial charge in [0.25, 0.3) is 0 Å². The van der Waals surface area contributed by atoms with Gasteiger partial charge in [0.05, 0.1) is 4.47 Å². The molecule has 1 aliphatic heterocycles. The average Bonchev–Trinajstić information content (AvgIpc) is 3.07. The number of aliphatic carboxylic acids is 1. The summed E-state index contributed by atoms with van der Waals surface area (Å²) in [6, 6.07) is 7.12. The molecule has 2 aromatic heterocycles. The average molecular weight is 416 g/mol. The molecule has 0 unspecified atom stereocenters. The predicted molar refractivity (Wildman–Crippen MR) is 102 cm³/mol. The molecule has 8 heteroatoms. The number of carboxylic acids is 1. The molecular formula is C18H18BrN5O2. The van der Waals surface area contributed by atoms with Crippen LogP contribution in [0.25, 0.3) is 10.9 Å². The lowest BCUT2D eigenvalue weighted by molar-refractivity contribution is -0.143. The van der Waals surface area contributed by atoms with Gasteiger partial charge in [-0.15, -0.1) is 0 Å². The number of carboxylic acid groups (broad SMARTS) is 1. The van der Waals surface area contributed by atoms with E-state index < -0.39 is 12.0 Å². The van der Waals surface area contributed by atoms with Gasteiger partial charge in [0, 0.05) is 61.2 Å². The van der Waals surface area contributed by atoms with Crippen LogP contribution in [0, 0.1) is 0 Å². The lowest BCUT2D eigenvalue weighted by Crippen LogP contribution is -2.49. The van der Waals surface area contributed by atoms with E-state index >= 15 is 0 Å². The Bertz CT molecular complexity index is 919. The number of aromatic nitrogens is 3. The van der Waals surface area contributed by atoms with E-state index in [-0.39, 0.29) is 0 Å². The van der Waals surface area contributed by atoms with Gasteiger partial charge in [-0.25, -0.2) is 9.97 Å². The van der Waals surface area contributed by atoms with Gasteiger partial charge in [-0.05, 0) is 22.0 Å². The van der Waals surface area contributed by atoms with Crippen LogP contribution in [0.1, 0.15) is 11.6 Å². The summed E-state index contributed by atoms with van der Waals surface area (Å²) in [4.78, 5) is 27.9. The number of nitrogens with zero attached hydrogens (tertiary/aromatic N) is 4. The summed E-state index contributed by atoms with van der Waals surface area (Å²) in [6.07, 6.45) is 5.26. The maximum atomic E-state index is 12.0. The van der Waals surface area contributed by atoms with Crippen LogP contribution in [0.4, 0.5) is 5.95 Å². The molecule has 0 bridgehead atoms. The van der Waals surface area contributed by atoms with Gasteiger partial charge in [-0.3, -0.25) is 9.69 Å². The summed E-state index contributed by atoms with van der Waals surface area (Å²) in [6.45, 7) is 2.65. The van der Waals surface area contributed by atoms with Crippen molar-refractivity contribution in [3.05, 3.63) is 52.9 Å². The maximum Gasteiger partial charge on any atom is 0.325 e. The molecule has 0 radical (unpaired) electrons. The van der Waals surface area contributed by atoms with Crippen molar-refractivity contribution >= 4 is 38.8 Å². The first-order valence-corrected chi connectivity index (χ1v) is 9.18. The summed E-state index contributed by atoms with van der Waals surface area (Å²) in [5, 5.41) is 10.8. The van der Waals surface area contributed by atoms with Crippen molar-refractivity contribution in [1.29, 1.82) is 0 Å². The number of nitrogens with one attached hydrogen (secondary N) is 1. The van der Waals surface area contributed by atoms with Gasteiger partial charge in [0.2, 0.25) is 5.95 Å². The number of para-hydroxylation sites is 1. The maximum absolute atomic E-state index is 12.0. The summed E-state index contributed by atoms with van der Waals surface area (Å²) in [5.74, 6) is -0.157. The second kappa shape index (κ2) is 7.05. The van der Waals surface area contributed by atoms with E-state index in [4.69, 9.17) is 0 Å². The number of piperazine rings is 1. The molecule has 1 atom stereocenters. The molecule has 7 nitrogen and oxygen atoms in total. The van der Waals surface area contributed by atoms with Gasteiger partial charge in [-0.2, -0.15) is 0 Å². The largest absolute Gasteiger partial charge is 0.480 e. The minimum atomic E-state index is -0.830. The third-order valence-corrected chi connectivity index (χ3v) is 5.13. The van der Waals surface area contributed by atoms with Crippen molar-refractivity contribution in [1.82, 2.24) is 19.9 Å². The molecule has 1 saturated heterocycles. The lowest BCUT2D eigenvalue weighted by Gasteiger charge is -2.37. The molecule has 4 rings (SSSR count). The van der Waals surface area contributed by atoms with Crippen molar-refractivity contribution < 1.29 is 9.90 Å². The first-order valence-electron chi connectivity index (χ1n) is 8.39. The van der Waals surface area contributed by atoms with E-state index in [0.29, 0.717) is 32.1 Å². The minimum Gasteiger partial charge on any atom is -0.480 e. The highest BCUT2D eigenvalue weighted by atomic mass is 79.9. The molecule has 0 aliphatic carbocycles. The highest BCUT2D eigenvalue weighted by molar-refractivity contribution is 9.10. The molecule has 0 amide bonds. The van der Waals surface area contributed by atoms with Crippen molar-refractivity contribution in [3.63, 3.8) is 0 Å². The van der Waals surface area contributed by atoms with E-state index in [1.165, 1.54) is 0 Å². The van der Waals surface area contributed by atoms with Crippen LogP contribution in [0.3, 0.4) is 0 Å². The normalized spacial score (nSPS) is 16.7. The zero-order chi connectivity index (χ0) is 18.1. The number of hydrogen-bond donors (Lipinski definition) is 2. The van der Waals surface area contributed by atoms with E-state index in [2.05, 4.69) is 35.8 Å². The SMILES string of the molecule is O=C(O)[C@H](c1c[nH]c2ccccc12)N1CCN(c2ncc(Br)cn2)CC1. The first-order chi connectivity index (χ1) is 12.6. The third-order valence-electron chi connectivity index (χ3n) is 4.72. The molecule has 3 heterocycles. The number of fused-ring (bicyclic) bond motifs is 1. The Morgan fingerprint density at radius 1 is 1.15 bits per heavy atom. The molecule has 1 aromatic carbocycles. The molecule has 0 saturated carbocycles. The van der Waals surface area contributed by atoms with Crippen molar-refractivity contribution in [2.75, 3.05) is 31.1 Å². The van der Waals surface area contributed by atoms with Crippen LogP contribution in [-0.2, 0) is 4.79 Å². The molecule has 134 valence electrons. The van der Waals surface area contributed by atoms with Crippen molar-refractivity contribution in [2.45, 2.75) is 6.04 Å². The first kappa shape index (κ1) is 17.0. The van der Waals surface area contributed by atoms with Crippen LogP contribution < -0.4 is 4.90 Å². The number of rotatable bonds is 4. The zero-order valence-electron chi connectivity index (χ0n) is 14.0. The lowest BCUT2D eigenvalue weighted by atomic mass is 10.0. The Labute approximate surface area is 158 Å².